The van der Waals surface area contributed by atoms with Crippen molar-refractivity contribution in [3.8, 4) is 0 Å². The molecule has 0 aromatic rings. The van der Waals surface area contributed by atoms with E-state index in [0.29, 0.717) is 18.4 Å². The van der Waals surface area contributed by atoms with E-state index in [1.54, 1.807) is 0 Å². The van der Waals surface area contributed by atoms with Crippen LogP contribution in [0.5, 0.6) is 0 Å². The van der Waals surface area contributed by atoms with Gasteiger partial charge in [-0.3, -0.25) is 19.7 Å². The van der Waals surface area contributed by atoms with Gasteiger partial charge in [0.1, 0.15) is 0 Å². The number of carbonyl (C=O) groups is 4. The third-order valence-electron chi connectivity index (χ3n) is 6.14. The lowest BCUT2D eigenvalue weighted by Crippen LogP contribution is -2.45. The Labute approximate surface area is 166 Å². The van der Waals surface area contributed by atoms with Crippen molar-refractivity contribution in [1.29, 1.82) is 0 Å². The number of likely N-dealkylation sites (tertiary alicyclic amines) is 1. The highest BCUT2D eigenvalue weighted by atomic mass is 16.5. The molecule has 0 spiro atoms. The number of nitrogens with one attached hydrogen (secondary N) is 2. The maximum absolute atomic E-state index is 12.4. The summed E-state index contributed by atoms with van der Waals surface area (Å²) in [5.74, 6) is -0.871. The number of esters is 1. The molecule has 0 bridgehead atoms. The fourth-order valence-corrected chi connectivity index (χ4v) is 3.98. The number of imide groups is 1. The largest absolute Gasteiger partial charge is 0.455 e. The van der Waals surface area contributed by atoms with Gasteiger partial charge in [-0.2, -0.15) is 0 Å². The van der Waals surface area contributed by atoms with E-state index in [1.807, 2.05) is 18.7 Å². The van der Waals surface area contributed by atoms with Gasteiger partial charge in [-0.05, 0) is 31.6 Å². The average molecular weight is 396 g/mol. The smallest absolute Gasteiger partial charge is 0.321 e. The highest BCUT2D eigenvalue weighted by Crippen LogP contribution is 2.35. The first-order valence-electron chi connectivity index (χ1n) is 10.3. The summed E-state index contributed by atoms with van der Waals surface area (Å²) < 4.78 is 5.04. The van der Waals surface area contributed by atoms with Crippen molar-refractivity contribution in [1.82, 2.24) is 15.5 Å². The van der Waals surface area contributed by atoms with Gasteiger partial charge < -0.3 is 15.0 Å². The number of hydrogen-bond donors (Lipinski definition) is 2. The Morgan fingerprint density at radius 2 is 1.96 bits per heavy atom. The molecule has 4 amide bonds. The molecule has 1 heterocycles. The summed E-state index contributed by atoms with van der Waals surface area (Å²) >= 11 is 0. The van der Waals surface area contributed by atoms with Crippen molar-refractivity contribution in [2.75, 3.05) is 13.2 Å². The van der Waals surface area contributed by atoms with Gasteiger partial charge in [0.25, 0.3) is 5.91 Å². The third kappa shape index (κ3) is 5.69. The zero-order valence-electron chi connectivity index (χ0n) is 17.3. The van der Waals surface area contributed by atoms with E-state index in [1.165, 1.54) is 6.42 Å². The summed E-state index contributed by atoms with van der Waals surface area (Å²) in [5, 5.41) is 4.72. The SMILES string of the molecule is CC[C@H](C)NC(=O)NC(=O)COC(=O)[C@H]1CC(=O)N([C@@H]2CCC[C@H](C)[C@@H]2C)C1. The van der Waals surface area contributed by atoms with E-state index in [9.17, 15) is 19.2 Å². The van der Waals surface area contributed by atoms with Gasteiger partial charge in [0.2, 0.25) is 5.91 Å². The van der Waals surface area contributed by atoms with Crippen LogP contribution in [0.2, 0.25) is 0 Å². The Morgan fingerprint density at radius 3 is 2.64 bits per heavy atom. The van der Waals surface area contributed by atoms with Gasteiger partial charge >= 0.3 is 12.0 Å². The summed E-state index contributed by atoms with van der Waals surface area (Å²) in [6.07, 6.45) is 4.08. The molecule has 2 N–H and O–H groups in total. The van der Waals surface area contributed by atoms with Crippen molar-refractivity contribution in [2.45, 2.75) is 71.9 Å². The van der Waals surface area contributed by atoms with Crippen LogP contribution in [-0.2, 0) is 19.1 Å². The van der Waals surface area contributed by atoms with Gasteiger partial charge in [0.15, 0.2) is 6.61 Å². The summed E-state index contributed by atoms with van der Waals surface area (Å²) in [6, 6.07) is -0.504. The molecule has 1 aliphatic carbocycles. The molecule has 1 saturated carbocycles. The lowest BCUT2D eigenvalue weighted by atomic mass is 9.77. The predicted octanol–water partition coefficient (Wildman–Crippen LogP) is 1.83. The third-order valence-corrected chi connectivity index (χ3v) is 6.14. The molecule has 2 fully saturated rings. The maximum Gasteiger partial charge on any atom is 0.321 e. The van der Waals surface area contributed by atoms with Gasteiger partial charge in [0, 0.05) is 25.0 Å². The van der Waals surface area contributed by atoms with Crippen LogP contribution in [0.4, 0.5) is 4.79 Å². The fourth-order valence-electron chi connectivity index (χ4n) is 3.98. The number of rotatable bonds is 6. The maximum atomic E-state index is 12.4. The summed E-state index contributed by atoms with van der Waals surface area (Å²) in [4.78, 5) is 49.9. The molecule has 8 heteroatoms. The lowest BCUT2D eigenvalue weighted by molar-refractivity contribution is -0.152. The molecule has 158 valence electrons. The molecule has 2 aliphatic rings. The average Bonchev–Trinajstić information content (AvgIpc) is 3.03. The molecule has 5 atom stereocenters. The van der Waals surface area contributed by atoms with Gasteiger partial charge in [0.05, 0.1) is 5.92 Å². The molecular formula is C20H33N3O5. The first kappa shape index (κ1) is 22.2. The molecular weight excluding hydrogens is 362 g/mol. The number of nitrogens with zero attached hydrogens (tertiary/aromatic N) is 1. The monoisotopic (exact) mass is 395 g/mol. The second kappa shape index (κ2) is 9.89. The Balaban J connectivity index is 1.79. The molecule has 0 unspecified atom stereocenters. The van der Waals surface area contributed by atoms with Crippen molar-refractivity contribution in [3.63, 3.8) is 0 Å². The van der Waals surface area contributed by atoms with Crippen molar-refractivity contribution >= 4 is 23.8 Å². The van der Waals surface area contributed by atoms with E-state index in [0.717, 1.165) is 19.3 Å². The first-order chi connectivity index (χ1) is 13.2. The zero-order chi connectivity index (χ0) is 20.8. The lowest BCUT2D eigenvalue weighted by Gasteiger charge is -2.39. The predicted molar refractivity (Wildman–Crippen MR) is 103 cm³/mol. The van der Waals surface area contributed by atoms with Crippen molar-refractivity contribution in [3.05, 3.63) is 0 Å². The summed E-state index contributed by atoms with van der Waals surface area (Å²) in [5.41, 5.74) is 0. The van der Waals surface area contributed by atoms with Crippen LogP contribution in [0.3, 0.4) is 0 Å². The highest BCUT2D eigenvalue weighted by molar-refractivity contribution is 5.96. The first-order valence-corrected chi connectivity index (χ1v) is 10.3. The topological polar surface area (TPSA) is 105 Å². The van der Waals surface area contributed by atoms with E-state index >= 15 is 0 Å². The minimum Gasteiger partial charge on any atom is -0.455 e. The standard InChI is InChI=1S/C20H33N3O5/c1-5-13(3)21-20(27)22-17(24)11-28-19(26)15-9-18(25)23(10-15)16-8-6-7-12(2)14(16)4/h12-16H,5-11H2,1-4H3,(H2,21,22,24,27)/t12-,13-,14-,15-,16+/m0/s1. The quantitative estimate of drug-likeness (QED) is 0.668. The van der Waals surface area contributed by atoms with Gasteiger partial charge in [-0.1, -0.05) is 33.6 Å². The molecule has 1 saturated heterocycles. The number of carbonyl (C=O) groups excluding carboxylic acids is 4. The van der Waals surface area contributed by atoms with Crippen LogP contribution in [0.1, 0.15) is 59.8 Å². The van der Waals surface area contributed by atoms with Crippen LogP contribution in [0.25, 0.3) is 0 Å². The molecule has 8 nitrogen and oxygen atoms in total. The van der Waals surface area contributed by atoms with E-state index in [2.05, 4.69) is 24.5 Å². The van der Waals surface area contributed by atoms with Crippen LogP contribution in [0.15, 0.2) is 0 Å². The van der Waals surface area contributed by atoms with Gasteiger partial charge in [-0.15, -0.1) is 0 Å². The molecule has 0 aromatic carbocycles. The van der Waals surface area contributed by atoms with Crippen LogP contribution in [0, 0.1) is 17.8 Å². The van der Waals surface area contributed by atoms with Crippen LogP contribution in [-0.4, -0.2) is 54.0 Å². The normalized spacial score (nSPS) is 28.6. The fraction of sp³-hybridized carbons (Fsp3) is 0.800. The summed E-state index contributed by atoms with van der Waals surface area (Å²) in [6.45, 7) is 7.92. The summed E-state index contributed by atoms with van der Waals surface area (Å²) in [7, 11) is 0. The number of urea groups is 1. The minimum absolute atomic E-state index is 0.0229. The minimum atomic E-state index is -0.690. The molecule has 0 aromatic heterocycles. The van der Waals surface area contributed by atoms with E-state index in [-0.39, 0.29) is 24.4 Å². The number of ether oxygens (including phenoxy) is 1. The second-order valence-electron chi connectivity index (χ2n) is 8.22. The molecule has 28 heavy (non-hydrogen) atoms. The van der Waals surface area contributed by atoms with Crippen LogP contribution < -0.4 is 10.6 Å². The molecule has 0 radical (unpaired) electrons. The Kier molecular flexibility index (Phi) is 7.83. The Bertz CT molecular complexity index is 609. The second-order valence-corrected chi connectivity index (χ2v) is 8.22. The van der Waals surface area contributed by atoms with Crippen molar-refractivity contribution in [2.24, 2.45) is 17.8 Å². The van der Waals surface area contributed by atoms with Crippen molar-refractivity contribution < 1.29 is 23.9 Å². The number of hydrogen-bond acceptors (Lipinski definition) is 5. The van der Waals surface area contributed by atoms with E-state index < -0.39 is 30.4 Å². The molecule has 2 rings (SSSR count). The van der Waals surface area contributed by atoms with E-state index in [4.69, 9.17) is 4.74 Å². The number of amides is 4. The molecule has 1 aliphatic heterocycles. The Hall–Kier alpha value is -2.12. The van der Waals surface area contributed by atoms with Gasteiger partial charge in [-0.25, -0.2) is 4.79 Å². The zero-order valence-corrected chi connectivity index (χ0v) is 17.3. The highest BCUT2D eigenvalue weighted by Gasteiger charge is 2.42. The van der Waals surface area contributed by atoms with Crippen LogP contribution >= 0.6 is 0 Å². The Morgan fingerprint density at radius 1 is 1.25 bits per heavy atom.